The number of halogens is 2. The van der Waals surface area contributed by atoms with Crippen LogP contribution in [-0.2, 0) is 6.42 Å². The summed E-state index contributed by atoms with van der Waals surface area (Å²) in [7, 11) is 0. The van der Waals surface area contributed by atoms with Crippen LogP contribution in [0.4, 0.5) is 8.78 Å². The van der Waals surface area contributed by atoms with Crippen LogP contribution in [0.25, 0.3) is 10.9 Å². The highest BCUT2D eigenvalue weighted by Crippen LogP contribution is 2.21. The van der Waals surface area contributed by atoms with Crippen molar-refractivity contribution in [1.82, 2.24) is 4.98 Å². The van der Waals surface area contributed by atoms with E-state index in [2.05, 4.69) is 4.98 Å². The first kappa shape index (κ1) is 10.1. The molecule has 1 heterocycles. The predicted molar refractivity (Wildman–Crippen MR) is 56.0 cm³/mol. The van der Waals surface area contributed by atoms with Crippen LogP contribution < -0.4 is 5.73 Å². The fourth-order valence-corrected chi connectivity index (χ4v) is 1.58. The molecule has 0 saturated carbocycles. The smallest absolute Gasteiger partial charge is 0.264 e. The van der Waals surface area contributed by atoms with Crippen LogP contribution in [0.2, 0.25) is 0 Å². The van der Waals surface area contributed by atoms with Crippen molar-refractivity contribution in [3.05, 3.63) is 36.0 Å². The van der Waals surface area contributed by atoms with Gasteiger partial charge in [0.25, 0.3) is 5.92 Å². The summed E-state index contributed by atoms with van der Waals surface area (Å²) in [6.45, 7) is -0.615. The van der Waals surface area contributed by atoms with Gasteiger partial charge >= 0.3 is 0 Å². The van der Waals surface area contributed by atoms with E-state index in [4.69, 9.17) is 5.73 Å². The molecule has 2 aromatic rings. The fraction of sp³-hybridized carbons (Fsp3) is 0.273. The molecule has 1 aromatic carbocycles. The van der Waals surface area contributed by atoms with Crippen LogP contribution in [0.3, 0.4) is 0 Å². The molecule has 80 valence electrons. The summed E-state index contributed by atoms with van der Waals surface area (Å²) in [4.78, 5) is 2.99. The van der Waals surface area contributed by atoms with E-state index in [1.54, 1.807) is 18.3 Å². The van der Waals surface area contributed by atoms with E-state index in [0.717, 1.165) is 10.9 Å². The topological polar surface area (TPSA) is 41.8 Å². The molecule has 0 bridgehead atoms. The lowest BCUT2D eigenvalue weighted by molar-refractivity contribution is 0.0115. The number of aromatic amines is 1. The van der Waals surface area contributed by atoms with Crippen LogP contribution in [0.15, 0.2) is 30.5 Å². The number of benzene rings is 1. The average Bonchev–Trinajstić information content (AvgIpc) is 2.64. The van der Waals surface area contributed by atoms with Crippen molar-refractivity contribution in [2.45, 2.75) is 12.3 Å². The summed E-state index contributed by atoms with van der Waals surface area (Å²) in [5.41, 5.74) is 6.46. The Morgan fingerprint density at radius 1 is 1.27 bits per heavy atom. The van der Waals surface area contributed by atoms with Gasteiger partial charge < -0.3 is 10.7 Å². The van der Waals surface area contributed by atoms with Gasteiger partial charge in [-0.3, -0.25) is 0 Å². The molecule has 3 N–H and O–H groups in total. The summed E-state index contributed by atoms with van der Waals surface area (Å²) in [5.74, 6) is -2.82. The third-order valence-electron chi connectivity index (χ3n) is 2.38. The number of aromatic nitrogens is 1. The van der Waals surface area contributed by atoms with Crippen molar-refractivity contribution < 1.29 is 8.78 Å². The highest BCUT2D eigenvalue weighted by atomic mass is 19.3. The highest BCUT2D eigenvalue weighted by molar-refractivity contribution is 5.79. The van der Waals surface area contributed by atoms with E-state index in [1.807, 2.05) is 12.1 Å². The van der Waals surface area contributed by atoms with Gasteiger partial charge in [-0.2, -0.15) is 0 Å². The number of hydrogen-bond donors (Lipinski definition) is 2. The molecule has 0 fully saturated rings. The molecule has 2 rings (SSSR count). The molecule has 0 saturated heterocycles. The number of H-pyrrole nitrogens is 1. The maximum Gasteiger partial charge on any atom is 0.264 e. The summed E-state index contributed by atoms with van der Waals surface area (Å²) in [5, 5.41) is 1.02. The van der Waals surface area contributed by atoms with Crippen LogP contribution in [0, 0.1) is 0 Å². The number of nitrogens with one attached hydrogen (secondary N) is 1. The first-order chi connectivity index (χ1) is 7.11. The zero-order chi connectivity index (χ0) is 10.9. The van der Waals surface area contributed by atoms with Crippen molar-refractivity contribution in [2.24, 2.45) is 5.73 Å². The van der Waals surface area contributed by atoms with Crippen LogP contribution in [-0.4, -0.2) is 17.5 Å². The largest absolute Gasteiger partial charge is 0.361 e. The van der Waals surface area contributed by atoms with E-state index in [1.165, 1.54) is 0 Å². The second-order valence-corrected chi connectivity index (χ2v) is 3.64. The SMILES string of the molecule is NCC(F)(F)Cc1ccc2cc[nH]c2c1. The normalized spacial score (nSPS) is 12.2. The van der Waals surface area contributed by atoms with Gasteiger partial charge in [0, 0.05) is 18.1 Å². The van der Waals surface area contributed by atoms with Gasteiger partial charge in [0.2, 0.25) is 0 Å². The van der Waals surface area contributed by atoms with E-state index in [-0.39, 0.29) is 6.42 Å². The molecular formula is C11H12F2N2. The van der Waals surface area contributed by atoms with Crippen LogP contribution >= 0.6 is 0 Å². The molecule has 0 amide bonds. The van der Waals surface area contributed by atoms with Gasteiger partial charge in [0.05, 0.1) is 6.54 Å². The Hall–Kier alpha value is -1.42. The van der Waals surface area contributed by atoms with Crippen LogP contribution in [0.1, 0.15) is 5.56 Å². The van der Waals surface area contributed by atoms with Gasteiger partial charge in [0.1, 0.15) is 0 Å². The molecule has 1 aromatic heterocycles. The molecule has 0 radical (unpaired) electrons. The molecule has 0 aliphatic carbocycles. The van der Waals surface area contributed by atoms with Crippen molar-refractivity contribution >= 4 is 10.9 Å². The minimum Gasteiger partial charge on any atom is -0.361 e. The molecule has 0 aliphatic heterocycles. The first-order valence-corrected chi connectivity index (χ1v) is 4.75. The Morgan fingerprint density at radius 2 is 2.07 bits per heavy atom. The van der Waals surface area contributed by atoms with Gasteiger partial charge in [-0.05, 0) is 23.1 Å². The number of nitrogens with two attached hydrogens (primary N) is 1. The van der Waals surface area contributed by atoms with Gasteiger partial charge in [-0.25, -0.2) is 8.78 Å². The second kappa shape index (κ2) is 3.62. The van der Waals surface area contributed by atoms with Crippen molar-refractivity contribution in [3.8, 4) is 0 Å². The zero-order valence-electron chi connectivity index (χ0n) is 8.13. The molecule has 15 heavy (non-hydrogen) atoms. The fourth-order valence-electron chi connectivity index (χ4n) is 1.58. The molecule has 0 atom stereocenters. The molecule has 0 unspecified atom stereocenters. The Morgan fingerprint density at radius 3 is 2.80 bits per heavy atom. The summed E-state index contributed by atoms with van der Waals surface area (Å²) in [6, 6.07) is 7.17. The highest BCUT2D eigenvalue weighted by Gasteiger charge is 2.26. The first-order valence-electron chi connectivity index (χ1n) is 4.75. The summed E-state index contributed by atoms with van der Waals surface area (Å²) < 4.78 is 26.1. The third kappa shape index (κ3) is 2.15. The summed E-state index contributed by atoms with van der Waals surface area (Å²) >= 11 is 0. The number of fused-ring (bicyclic) bond motifs is 1. The maximum atomic E-state index is 13.0. The van der Waals surface area contributed by atoms with Crippen molar-refractivity contribution in [1.29, 1.82) is 0 Å². The maximum absolute atomic E-state index is 13.0. The van der Waals surface area contributed by atoms with Gasteiger partial charge in [0.15, 0.2) is 0 Å². The number of rotatable bonds is 3. The Kier molecular flexibility index (Phi) is 2.44. The Labute approximate surface area is 86.1 Å². The van der Waals surface area contributed by atoms with Crippen molar-refractivity contribution in [3.63, 3.8) is 0 Å². The Balaban J connectivity index is 2.28. The molecule has 4 heteroatoms. The van der Waals surface area contributed by atoms with Gasteiger partial charge in [-0.1, -0.05) is 12.1 Å². The standard InChI is InChI=1S/C11H12F2N2/c12-11(13,7-14)6-8-1-2-9-3-4-15-10(9)5-8/h1-5,15H,6-7,14H2. The average molecular weight is 210 g/mol. The lowest BCUT2D eigenvalue weighted by Gasteiger charge is -2.13. The second-order valence-electron chi connectivity index (χ2n) is 3.64. The Bertz CT molecular complexity index is 462. The number of alkyl halides is 2. The zero-order valence-corrected chi connectivity index (χ0v) is 8.13. The van der Waals surface area contributed by atoms with E-state index in [0.29, 0.717) is 5.56 Å². The van der Waals surface area contributed by atoms with Gasteiger partial charge in [-0.15, -0.1) is 0 Å². The molecule has 0 aliphatic rings. The number of hydrogen-bond acceptors (Lipinski definition) is 1. The third-order valence-corrected chi connectivity index (χ3v) is 2.38. The minimum atomic E-state index is -2.82. The van der Waals surface area contributed by atoms with E-state index < -0.39 is 12.5 Å². The predicted octanol–water partition coefficient (Wildman–Crippen LogP) is 2.30. The quantitative estimate of drug-likeness (QED) is 0.802. The monoisotopic (exact) mass is 210 g/mol. The summed E-state index contributed by atoms with van der Waals surface area (Å²) in [6.07, 6.45) is 1.48. The molecular weight excluding hydrogens is 198 g/mol. The minimum absolute atomic E-state index is 0.307. The van der Waals surface area contributed by atoms with Crippen molar-refractivity contribution in [2.75, 3.05) is 6.54 Å². The lowest BCUT2D eigenvalue weighted by Crippen LogP contribution is -2.30. The molecule has 0 spiro atoms. The molecule has 2 nitrogen and oxygen atoms in total. The lowest BCUT2D eigenvalue weighted by atomic mass is 10.1. The van der Waals surface area contributed by atoms with E-state index >= 15 is 0 Å². The van der Waals surface area contributed by atoms with Crippen LogP contribution in [0.5, 0.6) is 0 Å². The van der Waals surface area contributed by atoms with E-state index in [9.17, 15) is 8.78 Å².